The molecule has 5 nitrogen and oxygen atoms in total. The second kappa shape index (κ2) is 8.74. The Labute approximate surface area is 155 Å². The first-order chi connectivity index (χ1) is 11.9. The maximum Gasteiger partial charge on any atom is 0.338 e. The van der Waals surface area contributed by atoms with E-state index in [9.17, 15) is 9.59 Å². The van der Waals surface area contributed by atoms with Crippen LogP contribution in [0.5, 0.6) is 5.75 Å². The molecule has 25 heavy (non-hydrogen) atoms. The summed E-state index contributed by atoms with van der Waals surface area (Å²) < 4.78 is 10.5. The molecule has 0 saturated heterocycles. The Morgan fingerprint density at radius 1 is 1.08 bits per heavy atom. The van der Waals surface area contributed by atoms with E-state index in [1.807, 2.05) is 6.92 Å². The molecule has 0 aliphatic rings. The molecular formula is C18H17Cl2NO4. The fourth-order valence-corrected chi connectivity index (χ4v) is 2.53. The molecule has 0 aromatic heterocycles. The van der Waals surface area contributed by atoms with Crippen molar-refractivity contribution in [1.82, 2.24) is 0 Å². The summed E-state index contributed by atoms with van der Waals surface area (Å²) in [6, 6.07) is 11.1. The number of nitrogens with one attached hydrogen (secondary N) is 1. The normalized spacial score (nSPS) is 11.5. The van der Waals surface area contributed by atoms with Gasteiger partial charge in [-0.3, -0.25) is 4.79 Å². The van der Waals surface area contributed by atoms with Crippen LogP contribution in [-0.2, 0) is 9.53 Å². The van der Waals surface area contributed by atoms with Gasteiger partial charge in [-0.2, -0.15) is 0 Å². The summed E-state index contributed by atoms with van der Waals surface area (Å²) in [5.41, 5.74) is 0.750. The first kappa shape index (κ1) is 19.1. The van der Waals surface area contributed by atoms with Crippen molar-refractivity contribution in [1.29, 1.82) is 0 Å². The summed E-state index contributed by atoms with van der Waals surface area (Å²) in [6.45, 7) is 3.89. The van der Waals surface area contributed by atoms with Crippen molar-refractivity contribution >= 4 is 40.8 Å². The predicted octanol–water partition coefficient (Wildman–Crippen LogP) is 4.58. The maximum atomic E-state index is 12.1. The Bertz CT molecular complexity index is 742. The van der Waals surface area contributed by atoms with Gasteiger partial charge in [0.15, 0.2) is 6.10 Å². The summed E-state index contributed by atoms with van der Waals surface area (Å²) in [6.07, 6.45) is -0.989. The highest BCUT2D eigenvalue weighted by Gasteiger charge is 2.19. The number of amides is 1. The van der Waals surface area contributed by atoms with E-state index in [4.69, 9.17) is 32.7 Å². The van der Waals surface area contributed by atoms with Gasteiger partial charge in [0.05, 0.1) is 12.2 Å². The molecule has 132 valence electrons. The topological polar surface area (TPSA) is 64.6 Å². The fourth-order valence-electron chi connectivity index (χ4n) is 2.01. The number of hydrogen-bond donors (Lipinski definition) is 1. The number of carbonyl (C=O) groups is 2. The molecule has 7 heteroatoms. The Morgan fingerprint density at radius 2 is 1.68 bits per heavy atom. The van der Waals surface area contributed by atoms with Gasteiger partial charge in [-0.05, 0) is 56.3 Å². The molecular weight excluding hydrogens is 365 g/mol. The van der Waals surface area contributed by atoms with Crippen LogP contribution in [0.2, 0.25) is 10.0 Å². The minimum Gasteiger partial charge on any atom is -0.494 e. The Morgan fingerprint density at radius 3 is 2.24 bits per heavy atom. The van der Waals surface area contributed by atoms with E-state index in [0.29, 0.717) is 33.7 Å². The minimum absolute atomic E-state index is 0.328. The van der Waals surface area contributed by atoms with Gasteiger partial charge in [-0.15, -0.1) is 0 Å². The number of hydrogen-bond acceptors (Lipinski definition) is 4. The molecule has 0 unspecified atom stereocenters. The van der Waals surface area contributed by atoms with Crippen molar-refractivity contribution in [2.75, 3.05) is 11.9 Å². The molecule has 0 heterocycles. The van der Waals surface area contributed by atoms with E-state index in [2.05, 4.69) is 5.32 Å². The third-order valence-electron chi connectivity index (χ3n) is 3.18. The molecule has 0 spiro atoms. The highest BCUT2D eigenvalue weighted by molar-refractivity contribution is 6.35. The van der Waals surface area contributed by atoms with Crippen LogP contribution in [0.3, 0.4) is 0 Å². The summed E-state index contributed by atoms with van der Waals surface area (Å²) in [5.74, 6) is -0.435. The van der Waals surface area contributed by atoms with Gasteiger partial charge in [0.25, 0.3) is 5.91 Å². The zero-order valence-corrected chi connectivity index (χ0v) is 15.2. The van der Waals surface area contributed by atoms with E-state index in [-0.39, 0.29) is 0 Å². The van der Waals surface area contributed by atoms with Crippen molar-refractivity contribution in [2.45, 2.75) is 20.0 Å². The number of halogens is 2. The average Bonchev–Trinajstić information content (AvgIpc) is 2.54. The molecule has 0 bridgehead atoms. The molecule has 1 amide bonds. The molecule has 1 N–H and O–H groups in total. The molecule has 2 rings (SSSR count). The highest BCUT2D eigenvalue weighted by Crippen LogP contribution is 2.22. The monoisotopic (exact) mass is 381 g/mol. The molecule has 0 fully saturated rings. The Hall–Kier alpha value is -2.24. The van der Waals surface area contributed by atoms with Gasteiger partial charge < -0.3 is 14.8 Å². The molecule has 2 aromatic carbocycles. The number of rotatable bonds is 6. The van der Waals surface area contributed by atoms with Gasteiger partial charge >= 0.3 is 5.97 Å². The SMILES string of the molecule is CCOc1ccc(C(=O)O[C@@H](C)C(=O)Nc2cc(Cl)cc(Cl)c2)cc1. The molecule has 0 aliphatic carbocycles. The maximum absolute atomic E-state index is 12.1. The predicted molar refractivity (Wildman–Crippen MR) is 97.6 cm³/mol. The van der Waals surface area contributed by atoms with E-state index < -0.39 is 18.0 Å². The number of anilines is 1. The van der Waals surface area contributed by atoms with Crippen LogP contribution in [0.1, 0.15) is 24.2 Å². The molecule has 2 aromatic rings. The first-order valence-electron chi connectivity index (χ1n) is 7.60. The first-order valence-corrected chi connectivity index (χ1v) is 8.35. The average molecular weight is 382 g/mol. The van der Waals surface area contributed by atoms with Crippen LogP contribution in [-0.4, -0.2) is 24.6 Å². The van der Waals surface area contributed by atoms with Crippen molar-refractivity contribution in [3.63, 3.8) is 0 Å². The quantitative estimate of drug-likeness (QED) is 0.743. The smallest absolute Gasteiger partial charge is 0.338 e. The van der Waals surface area contributed by atoms with Crippen molar-refractivity contribution in [2.24, 2.45) is 0 Å². The van der Waals surface area contributed by atoms with Crippen LogP contribution in [0, 0.1) is 0 Å². The Balaban J connectivity index is 1.96. The van der Waals surface area contributed by atoms with Crippen LogP contribution in [0.25, 0.3) is 0 Å². The van der Waals surface area contributed by atoms with E-state index in [1.165, 1.54) is 6.92 Å². The lowest BCUT2D eigenvalue weighted by Crippen LogP contribution is -2.30. The molecule has 0 saturated carbocycles. The lowest BCUT2D eigenvalue weighted by atomic mass is 10.2. The van der Waals surface area contributed by atoms with Gasteiger partial charge in [0, 0.05) is 15.7 Å². The highest BCUT2D eigenvalue weighted by atomic mass is 35.5. The number of benzene rings is 2. The lowest BCUT2D eigenvalue weighted by molar-refractivity contribution is -0.123. The number of ether oxygens (including phenoxy) is 2. The second-order valence-corrected chi connectivity index (χ2v) is 6.03. The number of carbonyl (C=O) groups excluding carboxylic acids is 2. The van der Waals surface area contributed by atoms with Crippen LogP contribution in [0.4, 0.5) is 5.69 Å². The van der Waals surface area contributed by atoms with Crippen molar-refractivity contribution < 1.29 is 19.1 Å². The van der Waals surface area contributed by atoms with Crippen LogP contribution >= 0.6 is 23.2 Å². The standard InChI is InChI=1S/C18H17Cl2NO4/c1-3-24-16-6-4-12(5-7-16)18(23)25-11(2)17(22)21-15-9-13(19)8-14(20)10-15/h4-11H,3H2,1-2H3,(H,21,22)/t11-/m0/s1. The Kier molecular flexibility index (Phi) is 6.67. The van der Waals surface area contributed by atoms with Gasteiger partial charge in [-0.25, -0.2) is 4.79 Å². The summed E-state index contributed by atoms with van der Waals surface area (Å²) >= 11 is 11.8. The van der Waals surface area contributed by atoms with E-state index >= 15 is 0 Å². The summed E-state index contributed by atoms with van der Waals surface area (Å²) in [5, 5.41) is 3.38. The van der Waals surface area contributed by atoms with Crippen molar-refractivity contribution in [3.05, 3.63) is 58.1 Å². The van der Waals surface area contributed by atoms with Gasteiger partial charge in [0.1, 0.15) is 5.75 Å². The zero-order chi connectivity index (χ0) is 18.4. The summed E-state index contributed by atoms with van der Waals surface area (Å²) in [4.78, 5) is 24.3. The fraction of sp³-hybridized carbons (Fsp3) is 0.222. The van der Waals surface area contributed by atoms with Crippen LogP contribution in [0.15, 0.2) is 42.5 Å². The molecule has 1 atom stereocenters. The van der Waals surface area contributed by atoms with E-state index in [1.54, 1.807) is 42.5 Å². The summed E-state index contributed by atoms with van der Waals surface area (Å²) in [7, 11) is 0. The van der Waals surface area contributed by atoms with Crippen molar-refractivity contribution in [3.8, 4) is 5.75 Å². The third-order valence-corrected chi connectivity index (χ3v) is 3.62. The largest absolute Gasteiger partial charge is 0.494 e. The van der Waals surface area contributed by atoms with E-state index in [0.717, 1.165) is 0 Å². The minimum atomic E-state index is -0.989. The third kappa shape index (κ3) is 5.66. The van der Waals surface area contributed by atoms with Gasteiger partial charge in [0.2, 0.25) is 0 Å². The van der Waals surface area contributed by atoms with Crippen LogP contribution < -0.4 is 10.1 Å². The zero-order valence-electron chi connectivity index (χ0n) is 13.7. The van der Waals surface area contributed by atoms with Gasteiger partial charge in [-0.1, -0.05) is 23.2 Å². The number of esters is 1. The lowest BCUT2D eigenvalue weighted by Gasteiger charge is -2.14. The molecule has 0 aliphatic heterocycles. The molecule has 0 radical (unpaired) electrons. The second-order valence-electron chi connectivity index (χ2n) is 5.15.